The molecule has 0 unspecified atom stereocenters. The summed E-state index contributed by atoms with van der Waals surface area (Å²) in [5.74, 6) is 1.69. The molecule has 6 nitrogen and oxygen atoms in total. The second-order valence-electron chi connectivity index (χ2n) is 6.21. The summed E-state index contributed by atoms with van der Waals surface area (Å²) >= 11 is 0. The smallest absolute Gasteiger partial charge is 0.244 e. The topological polar surface area (TPSA) is 73.6 Å². The van der Waals surface area contributed by atoms with Gasteiger partial charge in [0.05, 0.1) is 20.8 Å². The van der Waals surface area contributed by atoms with Crippen molar-refractivity contribution in [3.8, 4) is 22.8 Å². The summed E-state index contributed by atoms with van der Waals surface area (Å²) in [4.78, 5) is 12.1. The molecule has 0 aliphatic carbocycles. The lowest BCUT2D eigenvalue weighted by atomic mass is 10.1. The third kappa shape index (κ3) is 4.79. The number of benzene rings is 2. The predicted octanol–water partition coefficient (Wildman–Crippen LogP) is 4.00. The van der Waals surface area contributed by atoms with Gasteiger partial charge in [0.1, 0.15) is 5.69 Å². The minimum Gasteiger partial charge on any atom is -0.493 e. The molecule has 0 atom stereocenters. The zero-order valence-corrected chi connectivity index (χ0v) is 16.1. The third-order valence-corrected chi connectivity index (χ3v) is 4.17. The lowest BCUT2D eigenvalue weighted by Crippen LogP contribution is -2.20. The van der Waals surface area contributed by atoms with E-state index < -0.39 is 0 Å². The first-order chi connectivity index (χ1) is 13.6. The van der Waals surface area contributed by atoms with Crippen molar-refractivity contribution in [2.45, 2.75) is 13.5 Å². The molecule has 28 heavy (non-hydrogen) atoms. The van der Waals surface area contributed by atoms with Gasteiger partial charge in [-0.3, -0.25) is 4.79 Å². The van der Waals surface area contributed by atoms with Crippen LogP contribution in [0.2, 0.25) is 0 Å². The molecule has 2 aromatic carbocycles. The minimum atomic E-state index is -0.227. The lowest BCUT2D eigenvalue weighted by molar-refractivity contribution is -0.116. The van der Waals surface area contributed by atoms with Gasteiger partial charge in [0, 0.05) is 17.7 Å². The number of ether oxygens (including phenoxy) is 2. The number of hydrogen-bond donors (Lipinski definition) is 1. The Bertz CT molecular complexity index is 974. The van der Waals surface area contributed by atoms with Crippen molar-refractivity contribution in [3.63, 3.8) is 0 Å². The first kappa shape index (κ1) is 19.2. The average Bonchev–Trinajstić information content (AvgIpc) is 3.20. The van der Waals surface area contributed by atoms with Crippen LogP contribution < -0.4 is 14.8 Å². The van der Waals surface area contributed by atoms with Gasteiger partial charge in [-0.15, -0.1) is 0 Å². The zero-order valence-electron chi connectivity index (χ0n) is 16.1. The van der Waals surface area contributed by atoms with Crippen LogP contribution in [0.15, 0.2) is 59.1 Å². The Morgan fingerprint density at radius 2 is 1.82 bits per heavy atom. The largest absolute Gasteiger partial charge is 0.493 e. The van der Waals surface area contributed by atoms with Gasteiger partial charge in [0.15, 0.2) is 17.3 Å². The Kier molecular flexibility index (Phi) is 6.11. The lowest BCUT2D eigenvalue weighted by Gasteiger charge is -2.07. The Balaban J connectivity index is 1.57. The van der Waals surface area contributed by atoms with E-state index in [2.05, 4.69) is 10.5 Å². The van der Waals surface area contributed by atoms with Crippen molar-refractivity contribution in [3.05, 3.63) is 71.4 Å². The summed E-state index contributed by atoms with van der Waals surface area (Å²) < 4.78 is 15.8. The summed E-state index contributed by atoms with van der Waals surface area (Å²) in [7, 11) is 3.15. The van der Waals surface area contributed by atoms with E-state index in [1.54, 1.807) is 32.4 Å². The second-order valence-corrected chi connectivity index (χ2v) is 6.21. The van der Waals surface area contributed by atoms with Crippen LogP contribution in [0.25, 0.3) is 17.4 Å². The van der Waals surface area contributed by atoms with Crippen LogP contribution in [-0.2, 0) is 11.3 Å². The molecule has 0 spiro atoms. The van der Waals surface area contributed by atoms with Crippen LogP contribution in [0.5, 0.6) is 11.5 Å². The van der Waals surface area contributed by atoms with Crippen LogP contribution >= 0.6 is 0 Å². The molecule has 1 aromatic heterocycles. The molecule has 0 aliphatic rings. The van der Waals surface area contributed by atoms with E-state index in [-0.39, 0.29) is 12.5 Å². The highest BCUT2D eigenvalue weighted by Crippen LogP contribution is 2.28. The van der Waals surface area contributed by atoms with E-state index in [4.69, 9.17) is 14.0 Å². The first-order valence-electron chi connectivity index (χ1n) is 8.79. The molecule has 6 heteroatoms. The molecule has 0 saturated carbocycles. The maximum atomic E-state index is 12.1. The van der Waals surface area contributed by atoms with Crippen molar-refractivity contribution < 1.29 is 18.8 Å². The highest BCUT2D eigenvalue weighted by molar-refractivity contribution is 5.91. The molecule has 1 amide bonds. The predicted molar refractivity (Wildman–Crippen MR) is 107 cm³/mol. The molecule has 0 bridgehead atoms. The van der Waals surface area contributed by atoms with Crippen LogP contribution in [-0.4, -0.2) is 25.3 Å². The van der Waals surface area contributed by atoms with Gasteiger partial charge in [0.25, 0.3) is 0 Å². The van der Waals surface area contributed by atoms with Crippen LogP contribution in [0.4, 0.5) is 0 Å². The number of aromatic nitrogens is 1. The number of carbonyl (C=O) groups is 1. The fourth-order valence-corrected chi connectivity index (χ4v) is 2.61. The number of aryl methyl sites for hydroxylation is 1. The Hall–Kier alpha value is -3.54. The maximum absolute atomic E-state index is 12.1. The second kappa shape index (κ2) is 8.90. The highest BCUT2D eigenvalue weighted by atomic mass is 16.5. The third-order valence-electron chi connectivity index (χ3n) is 4.17. The van der Waals surface area contributed by atoms with Crippen LogP contribution in [0.1, 0.15) is 16.8 Å². The molecular formula is C22H22N2O4. The molecular weight excluding hydrogens is 356 g/mol. The number of amides is 1. The van der Waals surface area contributed by atoms with Crippen molar-refractivity contribution in [1.82, 2.24) is 10.5 Å². The van der Waals surface area contributed by atoms with Gasteiger partial charge < -0.3 is 19.3 Å². The standard InChI is InChI=1S/C22H22N2O4/c1-15-4-8-17(9-5-15)20-13-18(24-28-20)14-23-22(25)11-7-16-6-10-19(26-2)21(12-16)27-3/h4-13H,14H2,1-3H3,(H,23,25)/b11-7-. The fourth-order valence-electron chi connectivity index (χ4n) is 2.61. The Labute approximate surface area is 163 Å². The number of carbonyl (C=O) groups excluding carboxylic acids is 1. The number of methoxy groups -OCH3 is 2. The van der Waals surface area contributed by atoms with E-state index in [0.29, 0.717) is 23.0 Å². The number of rotatable bonds is 7. The summed E-state index contributed by atoms with van der Waals surface area (Å²) in [6, 6.07) is 15.2. The molecule has 1 N–H and O–H groups in total. The summed E-state index contributed by atoms with van der Waals surface area (Å²) in [6.07, 6.45) is 3.17. The van der Waals surface area contributed by atoms with E-state index in [1.807, 2.05) is 43.3 Å². The van der Waals surface area contributed by atoms with Gasteiger partial charge in [-0.1, -0.05) is 41.1 Å². The fraction of sp³-hybridized carbons (Fsp3) is 0.182. The van der Waals surface area contributed by atoms with Gasteiger partial charge in [-0.05, 0) is 30.7 Å². The molecule has 3 aromatic rings. The van der Waals surface area contributed by atoms with Crippen LogP contribution in [0.3, 0.4) is 0 Å². The molecule has 0 fully saturated rings. The summed E-state index contributed by atoms with van der Waals surface area (Å²) in [6.45, 7) is 2.31. The van der Waals surface area contributed by atoms with Gasteiger partial charge in [0.2, 0.25) is 5.91 Å². The van der Waals surface area contributed by atoms with Crippen molar-refractivity contribution in [2.24, 2.45) is 0 Å². The average molecular weight is 378 g/mol. The molecule has 144 valence electrons. The van der Waals surface area contributed by atoms with E-state index in [0.717, 1.165) is 11.1 Å². The van der Waals surface area contributed by atoms with Crippen LogP contribution in [0, 0.1) is 6.92 Å². The van der Waals surface area contributed by atoms with E-state index in [1.165, 1.54) is 11.6 Å². The molecule has 3 rings (SSSR count). The quantitative estimate of drug-likeness (QED) is 0.629. The number of nitrogens with one attached hydrogen (secondary N) is 1. The highest BCUT2D eigenvalue weighted by Gasteiger charge is 2.08. The number of hydrogen-bond acceptors (Lipinski definition) is 5. The van der Waals surface area contributed by atoms with Crippen molar-refractivity contribution in [1.29, 1.82) is 0 Å². The summed E-state index contributed by atoms with van der Waals surface area (Å²) in [5, 5.41) is 6.79. The zero-order chi connectivity index (χ0) is 19.9. The maximum Gasteiger partial charge on any atom is 0.244 e. The normalized spacial score (nSPS) is 10.8. The summed E-state index contributed by atoms with van der Waals surface area (Å²) in [5.41, 5.74) is 3.61. The Morgan fingerprint density at radius 1 is 1.07 bits per heavy atom. The molecule has 0 saturated heterocycles. The monoisotopic (exact) mass is 378 g/mol. The van der Waals surface area contributed by atoms with Gasteiger partial charge in [-0.2, -0.15) is 0 Å². The molecule has 1 heterocycles. The van der Waals surface area contributed by atoms with Gasteiger partial charge >= 0.3 is 0 Å². The van der Waals surface area contributed by atoms with E-state index in [9.17, 15) is 4.79 Å². The minimum absolute atomic E-state index is 0.227. The molecule has 0 aliphatic heterocycles. The Morgan fingerprint density at radius 3 is 2.54 bits per heavy atom. The molecule has 0 radical (unpaired) electrons. The SMILES string of the molecule is COc1ccc(/C=C\C(=O)NCc2cc(-c3ccc(C)cc3)on2)cc1OC. The van der Waals surface area contributed by atoms with Crippen molar-refractivity contribution in [2.75, 3.05) is 14.2 Å². The number of nitrogens with zero attached hydrogens (tertiary/aromatic N) is 1. The van der Waals surface area contributed by atoms with Crippen molar-refractivity contribution >= 4 is 12.0 Å². The van der Waals surface area contributed by atoms with E-state index >= 15 is 0 Å². The van der Waals surface area contributed by atoms with Gasteiger partial charge in [-0.25, -0.2) is 0 Å². The first-order valence-corrected chi connectivity index (χ1v) is 8.79.